The van der Waals surface area contributed by atoms with E-state index < -0.39 is 0 Å². The number of rotatable bonds is 3. The number of nitrogens with zero attached hydrogens (tertiary/aromatic N) is 3. The van der Waals surface area contributed by atoms with E-state index in [1.807, 2.05) is 0 Å². The molecule has 0 saturated heterocycles. The van der Waals surface area contributed by atoms with Crippen LogP contribution in [0.25, 0.3) is 11.2 Å². The number of hydrogen-bond donors (Lipinski definition) is 2. The van der Waals surface area contributed by atoms with Crippen molar-refractivity contribution in [1.29, 1.82) is 0 Å². The third kappa shape index (κ3) is 2.00. The van der Waals surface area contributed by atoms with E-state index in [1.165, 1.54) is 0 Å². The molecule has 0 aromatic carbocycles. The van der Waals surface area contributed by atoms with Crippen molar-refractivity contribution in [2.24, 2.45) is 0 Å². The van der Waals surface area contributed by atoms with Gasteiger partial charge in [0, 0.05) is 13.0 Å². The summed E-state index contributed by atoms with van der Waals surface area (Å²) in [6, 6.07) is 0. The van der Waals surface area contributed by atoms with Crippen molar-refractivity contribution in [3.8, 4) is 12.3 Å². The number of anilines is 1. The van der Waals surface area contributed by atoms with E-state index in [0.29, 0.717) is 24.4 Å². The predicted octanol–water partition coefficient (Wildman–Crippen LogP) is 1.44. The number of nitrogens with one attached hydrogen (secondary N) is 2. The second kappa shape index (κ2) is 4.15. The number of halogens is 1. The maximum Gasteiger partial charge on any atom is 0.226 e. The van der Waals surface area contributed by atoms with Crippen LogP contribution in [0.4, 0.5) is 5.82 Å². The van der Waals surface area contributed by atoms with Crippen LogP contribution in [-0.2, 0) is 0 Å². The monoisotopic (exact) mass is 221 g/mol. The first kappa shape index (κ1) is 9.74. The highest BCUT2D eigenvalue weighted by Gasteiger charge is 2.07. The summed E-state index contributed by atoms with van der Waals surface area (Å²) in [4.78, 5) is 14.9. The van der Waals surface area contributed by atoms with Gasteiger partial charge in [-0.05, 0) is 11.6 Å². The van der Waals surface area contributed by atoms with Crippen LogP contribution in [0.1, 0.15) is 6.42 Å². The zero-order valence-corrected chi connectivity index (χ0v) is 8.54. The SMILES string of the molecule is C#CCCNc1nc(Cl)nc2nc[nH]c12. The number of fused-ring (bicyclic) bond motifs is 1. The molecule has 76 valence electrons. The predicted molar refractivity (Wildman–Crippen MR) is 58.6 cm³/mol. The van der Waals surface area contributed by atoms with E-state index in [1.54, 1.807) is 6.33 Å². The highest BCUT2D eigenvalue weighted by molar-refractivity contribution is 6.28. The largest absolute Gasteiger partial charge is 0.367 e. The van der Waals surface area contributed by atoms with Gasteiger partial charge >= 0.3 is 0 Å². The molecule has 2 aromatic rings. The van der Waals surface area contributed by atoms with Crippen LogP contribution in [0.5, 0.6) is 0 Å². The zero-order valence-electron chi connectivity index (χ0n) is 7.79. The second-order valence-electron chi connectivity index (χ2n) is 2.82. The molecule has 0 aliphatic rings. The number of imidazole rings is 1. The van der Waals surface area contributed by atoms with Crippen molar-refractivity contribution in [1.82, 2.24) is 19.9 Å². The highest BCUT2D eigenvalue weighted by atomic mass is 35.5. The molecule has 0 spiro atoms. The van der Waals surface area contributed by atoms with Crippen molar-refractivity contribution in [2.75, 3.05) is 11.9 Å². The molecule has 0 bridgehead atoms. The molecule has 15 heavy (non-hydrogen) atoms. The minimum atomic E-state index is 0.165. The normalized spacial score (nSPS) is 10.1. The number of hydrogen-bond acceptors (Lipinski definition) is 4. The third-order valence-corrected chi connectivity index (χ3v) is 1.99. The molecule has 0 radical (unpaired) electrons. The quantitative estimate of drug-likeness (QED) is 0.468. The first-order valence-electron chi connectivity index (χ1n) is 4.35. The minimum absolute atomic E-state index is 0.165. The summed E-state index contributed by atoms with van der Waals surface area (Å²) >= 11 is 5.74. The van der Waals surface area contributed by atoms with Gasteiger partial charge in [-0.25, -0.2) is 4.98 Å². The van der Waals surface area contributed by atoms with Crippen LogP contribution in [0, 0.1) is 12.3 Å². The number of aromatic nitrogens is 4. The summed E-state index contributed by atoms with van der Waals surface area (Å²) in [7, 11) is 0. The Bertz CT molecular complexity index is 513. The first-order valence-corrected chi connectivity index (χ1v) is 4.73. The molecular weight excluding hydrogens is 214 g/mol. The molecule has 0 saturated carbocycles. The van der Waals surface area contributed by atoms with Gasteiger partial charge in [0.2, 0.25) is 5.28 Å². The van der Waals surface area contributed by atoms with E-state index >= 15 is 0 Å². The van der Waals surface area contributed by atoms with Crippen LogP contribution in [0.2, 0.25) is 5.28 Å². The average molecular weight is 222 g/mol. The second-order valence-corrected chi connectivity index (χ2v) is 3.16. The summed E-state index contributed by atoms with van der Waals surface area (Å²) in [6.07, 6.45) is 7.31. The molecule has 2 N–H and O–H groups in total. The van der Waals surface area contributed by atoms with Crippen LogP contribution >= 0.6 is 11.6 Å². The number of aromatic amines is 1. The van der Waals surface area contributed by atoms with Gasteiger partial charge in [-0.3, -0.25) is 0 Å². The van der Waals surface area contributed by atoms with Crippen molar-refractivity contribution in [3.05, 3.63) is 11.6 Å². The first-order chi connectivity index (χ1) is 7.31. The lowest BCUT2D eigenvalue weighted by molar-refractivity contribution is 1.07. The lowest BCUT2D eigenvalue weighted by Crippen LogP contribution is -2.04. The maximum absolute atomic E-state index is 5.74. The Kier molecular flexibility index (Phi) is 2.70. The Morgan fingerprint density at radius 3 is 3.20 bits per heavy atom. The average Bonchev–Trinajstić information content (AvgIpc) is 2.65. The summed E-state index contributed by atoms with van der Waals surface area (Å²) < 4.78 is 0. The van der Waals surface area contributed by atoms with Crippen molar-refractivity contribution >= 4 is 28.6 Å². The Morgan fingerprint density at radius 2 is 2.40 bits per heavy atom. The molecule has 0 amide bonds. The van der Waals surface area contributed by atoms with Gasteiger partial charge in [0.1, 0.15) is 5.52 Å². The summed E-state index contributed by atoms with van der Waals surface area (Å²) in [6.45, 7) is 0.637. The molecule has 0 fully saturated rings. The standard InChI is InChI=1S/C9H8ClN5/c1-2-3-4-11-7-6-8(13-5-12-6)15-9(10)14-7/h1,5H,3-4H2,(H2,11,12,13,14,15). The molecule has 2 heterocycles. The van der Waals surface area contributed by atoms with Crippen LogP contribution < -0.4 is 5.32 Å². The summed E-state index contributed by atoms with van der Waals surface area (Å²) in [5.41, 5.74) is 1.27. The van der Waals surface area contributed by atoms with Gasteiger partial charge in [0.25, 0.3) is 0 Å². The smallest absolute Gasteiger partial charge is 0.226 e. The Balaban J connectivity index is 2.32. The van der Waals surface area contributed by atoms with Crippen molar-refractivity contribution in [3.63, 3.8) is 0 Å². The molecule has 6 heteroatoms. The Labute approximate surface area is 91.3 Å². The van der Waals surface area contributed by atoms with Gasteiger partial charge in [0.05, 0.1) is 6.33 Å². The number of terminal acetylenes is 1. The maximum atomic E-state index is 5.74. The van der Waals surface area contributed by atoms with Gasteiger partial charge in [-0.1, -0.05) is 0 Å². The summed E-state index contributed by atoms with van der Waals surface area (Å²) in [5, 5.41) is 3.23. The van der Waals surface area contributed by atoms with Gasteiger partial charge in [-0.15, -0.1) is 12.3 Å². The van der Waals surface area contributed by atoms with Crippen molar-refractivity contribution < 1.29 is 0 Å². The van der Waals surface area contributed by atoms with Crippen LogP contribution in [-0.4, -0.2) is 26.5 Å². The van der Waals surface area contributed by atoms with Gasteiger partial charge in [-0.2, -0.15) is 9.97 Å². The molecule has 5 nitrogen and oxygen atoms in total. The Hall–Kier alpha value is -1.80. The van der Waals surface area contributed by atoms with Gasteiger partial charge < -0.3 is 10.3 Å². The lowest BCUT2D eigenvalue weighted by atomic mass is 10.4. The fourth-order valence-electron chi connectivity index (χ4n) is 1.19. The number of H-pyrrole nitrogens is 1. The minimum Gasteiger partial charge on any atom is -0.367 e. The van der Waals surface area contributed by atoms with Gasteiger partial charge in [0.15, 0.2) is 11.5 Å². The Morgan fingerprint density at radius 1 is 1.53 bits per heavy atom. The zero-order chi connectivity index (χ0) is 10.7. The molecular formula is C9H8ClN5. The van der Waals surface area contributed by atoms with E-state index in [-0.39, 0.29) is 5.28 Å². The fraction of sp³-hybridized carbons (Fsp3) is 0.222. The van der Waals surface area contributed by atoms with Crippen molar-refractivity contribution in [2.45, 2.75) is 6.42 Å². The van der Waals surface area contributed by atoms with E-state index in [0.717, 1.165) is 5.52 Å². The molecule has 2 rings (SSSR count). The van der Waals surface area contributed by atoms with E-state index in [2.05, 4.69) is 31.2 Å². The molecule has 2 aromatic heterocycles. The van der Waals surface area contributed by atoms with E-state index in [4.69, 9.17) is 18.0 Å². The fourth-order valence-corrected chi connectivity index (χ4v) is 1.35. The highest BCUT2D eigenvalue weighted by Crippen LogP contribution is 2.18. The molecule has 0 atom stereocenters. The molecule has 0 aliphatic carbocycles. The third-order valence-electron chi connectivity index (χ3n) is 1.82. The topological polar surface area (TPSA) is 66.5 Å². The molecule has 0 aliphatic heterocycles. The lowest BCUT2D eigenvalue weighted by Gasteiger charge is -2.03. The van der Waals surface area contributed by atoms with Crippen LogP contribution in [0.15, 0.2) is 6.33 Å². The molecule has 0 unspecified atom stereocenters. The van der Waals surface area contributed by atoms with E-state index in [9.17, 15) is 0 Å². The summed E-state index contributed by atoms with van der Waals surface area (Å²) in [5.74, 6) is 3.15. The van der Waals surface area contributed by atoms with Crippen LogP contribution in [0.3, 0.4) is 0 Å².